The van der Waals surface area contributed by atoms with Crippen molar-refractivity contribution in [3.8, 4) is 5.75 Å². The topological polar surface area (TPSA) is 338 Å². The maximum Gasteiger partial charge on any atom is 0.409 e. The second kappa shape index (κ2) is 42.2. The average Bonchev–Trinajstić information content (AvgIpc) is 0.773. The highest BCUT2D eigenvalue weighted by molar-refractivity contribution is 7.89. The monoisotopic (exact) mass is 1700 g/mol. The molecule has 0 spiro atoms. The highest BCUT2D eigenvalue weighted by Gasteiger charge is 2.45. The van der Waals surface area contributed by atoms with Crippen molar-refractivity contribution in [1.29, 1.82) is 0 Å². The van der Waals surface area contributed by atoms with Crippen LogP contribution in [0.25, 0.3) is 0 Å². The molecule has 5 fully saturated rings. The first-order valence-electron chi connectivity index (χ1n) is 34.0. The fourth-order valence-corrected chi connectivity index (χ4v) is 18.0. The third-order valence-corrected chi connectivity index (χ3v) is 24.2. The molecule has 40 heteroatoms. The molecule has 5 aliphatic rings. The van der Waals surface area contributed by atoms with Crippen molar-refractivity contribution in [2.24, 2.45) is 0 Å². The minimum atomic E-state index is -4.22. The zero-order chi connectivity index (χ0) is 80.7. The lowest BCUT2D eigenvalue weighted by atomic mass is 10.0. The number of nitro benzene ring substituents is 1. The molecule has 6 atom stereocenters. The molecule has 0 aliphatic carbocycles. The molecular weight excluding hydrogens is 1620 g/mol. The highest BCUT2D eigenvalue weighted by atomic mass is 35.5. The Bertz CT molecular complexity index is 4370. The number of sulfonamides is 3. The van der Waals surface area contributed by atoms with E-state index in [0.29, 0.717) is 72.6 Å². The van der Waals surface area contributed by atoms with Gasteiger partial charge >= 0.3 is 11.5 Å². The van der Waals surface area contributed by atoms with E-state index in [9.17, 15) is 81.5 Å². The third kappa shape index (κ3) is 25.1. The molecular formula is C71H78Cl4F6N8O19S3. The molecule has 0 saturated carbocycles. The molecule has 12 rings (SSSR count). The number of nitrogens with zero attached hydrogens (tertiary/aromatic N) is 7. The second-order valence-corrected chi connectivity index (χ2v) is 32.1. The Balaban J connectivity index is 0.000000186. The van der Waals surface area contributed by atoms with Gasteiger partial charge in [-0.2, -0.15) is 12.9 Å². The van der Waals surface area contributed by atoms with Crippen LogP contribution in [0.15, 0.2) is 166 Å². The Kier molecular flexibility index (Phi) is 34.0. The van der Waals surface area contributed by atoms with E-state index in [-0.39, 0.29) is 95.7 Å². The number of benzene rings is 7. The van der Waals surface area contributed by atoms with E-state index in [2.05, 4.69) is 15.0 Å². The summed E-state index contributed by atoms with van der Waals surface area (Å²) in [6.45, 7) is 6.14. The van der Waals surface area contributed by atoms with Crippen LogP contribution in [-0.4, -0.2) is 246 Å². The predicted molar refractivity (Wildman–Crippen MR) is 395 cm³/mol. The van der Waals surface area contributed by atoms with Crippen LogP contribution in [0.1, 0.15) is 34.8 Å². The molecule has 7 aromatic carbocycles. The summed E-state index contributed by atoms with van der Waals surface area (Å²) in [5.74, 6) is -4.83. The Hall–Kier alpha value is -7.25. The summed E-state index contributed by atoms with van der Waals surface area (Å²) in [6.07, 6.45) is -0.605. The quantitative estimate of drug-likeness (QED) is 0.0218. The van der Waals surface area contributed by atoms with E-state index in [4.69, 9.17) is 75.6 Å². The van der Waals surface area contributed by atoms with Gasteiger partial charge in [-0.1, -0.05) is 34.8 Å². The largest absolute Gasteiger partial charge is 0.448 e. The number of aliphatic hydroxyl groups is 4. The summed E-state index contributed by atoms with van der Waals surface area (Å²) < 4.78 is 192. The number of β-amino-alcohol motifs (C(OH)–C–C–N with tert-alkyl or cyclic N) is 2. The van der Waals surface area contributed by atoms with Crippen LogP contribution >= 0.6 is 46.4 Å². The molecule has 0 aromatic heterocycles. The fourth-order valence-electron chi connectivity index (χ4n) is 12.2. The molecule has 5 heterocycles. The normalized spacial score (nSPS) is 20.3. The molecule has 0 bridgehead atoms. The number of aliphatic hydroxyl groups excluding tert-OH is 4. The summed E-state index contributed by atoms with van der Waals surface area (Å²) in [5, 5.41) is 51.4. The zero-order valence-electron chi connectivity index (χ0n) is 58.8. The van der Waals surface area contributed by atoms with Crippen LogP contribution < -0.4 is 10.1 Å². The summed E-state index contributed by atoms with van der Waals surface area (Å²) in [5.41, 5.74) is -0.759. The first-order chi connectivity index (χ1) is 52.9. The standard InChI is InChI=1S/C24H28ClF2N3O6S.2C17H16ClF2NO4S.C7H4ClNO4.C6H14N2O/c25-18-1-3-22(4-2-18)37(33,34)30-21(14-35-16-23(30)17-11-19(26)13-20(27)12-17)15-36-24(32)29-7-5-28(6-8-29)9-10-31;2*18-12-1-3-16(4-2-12)26(23,24)21-15(8-22)9-25-10-17(21)11-5-13(19)7-14(20)6-11;8-7(10)13-6-3-1-5(2-4-6)9(11)12;9-6-5-8-3-1-7-2-4-8/h1-4,11-13,21,23,31H,5-10,14-16H2;2*1-7,15,17,22H,8-10H2;1-4H;7,9H,1-6H2/t21-,23+;15-,17+;15-,17-;;/m110../s1. The van der Waals surface area contributed by atoms with Crippen molar-refractivity contribution < 1.29 is 110 Å². The molecule has 111 heavy (non-hydrogen) atoms. The van der Waals surface area contributed by atoms with Gasteiger partial charge in [-0.3, -0.25) is 19.9 Å². The van der Waals surface area contributed by atoms with Crippen molar-refractivity contribution in [3.63, 3.8) is 0 Å². The minimum Gasteiger partial charge on any atom is -0.448 e. The average molecular weight is 1700 g/mol. The van der Waals surface area contributed by atoms with Crippen molar-refractivity contribution in [2.75, 3.05) is 138 Å². The van der Waals surface area contributed by atoms with E-state index in [1.807, 2.05) is 4.90 Å². The summed E-state index contributed by atoms with van der Waals surface area (Å²) in [4.78, 5) is 38.3. The third-order valence-electron chi connectivity index (χ3n) is 17.5. The number of morpholine rings is 3. The highest BCUT2D eigenvalue weighted by Crippen LogP contribution is 2.39. The van der Waals surface area contributed by atoms with Gasteiger partial charge in [-0.25, -0.2) is 61.2 Å². The van der Waals surface area contributed by atoms with Crippen LogP contribution in [-0.2, 0) is 49.0 Å². The van der Waals surface area contributed by atoms with Crippen LogP contribution in [0, 0.1) is 45.0 Å². The van der Waals surface area contributed by atoms with Crippen LogP contribution in [0.2, 0.25) is 15.1 Å². The van der Waals surface area contributed by atoms with Gasteiger partial charge in [-0.15, -0.1) is 0 Å². The van der Waals surface area contributed by atoms with Crippen molar-refractivity contribution in [1.82, 2.24) is 32.9 Å². The van der Waals surface area contributed by atoms with E-state index in [0.717, 1.165) is 82.0 Å². The van der Waals surface area contributed by atoms with Gasteiger partial charge in [0.15, 0.2) is 0 Å². The molecule has 5 saturated heterocycles. The molecule has 0 radical (unpaired) electrons. The second-order valence-electron chi connectivity index (χ2n) is 25.0. The molecule has 27 nitrogen and oxygen atoms in total. The fraction of sp³-hybridized carbons (Fsp3) is 0.380. The van der Waals surface area contributed by atoms with Gasteiger partial charge < -0.3 is 54.3 Å². The SMILES string of the molecule is O=C(Cl)Oc1ccc([N+](=O)[O-])cc1.O=C(OC[C@H]1COC[C@@H](c2cc(F)cc(F)c2)N1S(=O)(=O)c1ccc(Cl)cc1)N1CCN(CCO)CC1.O=S(=O)(c1ccc(Cl)cc1)N1[C@@H](CO)COC[C@H]1c1cc(F)cc(F)c1.O=S(=O)(c1ccc(Cl)cc1)N1[C@H](CO)COC[C@H]1c1cc(F)cc(F)c1.OCCN1CCNCC1. The Morgan fingerprint density at radius 3 is 1.12 bits per heavy atom. The van der Waals surface area contributed by atoms with Crippen LogP contribution in [0.5, 0.6) is 5.75 Å². The summed E-state index contributed by atoms with van der Waals surface area (Å²) in [7, 11) is -12.4. The van der Waals surface area contributed by atoms with Crippen LogP contribution in [0.4, 0.5) is 41.6 Å². The molecule has 1 amide bonds. The lowest BCUT2D eigenvalue weighted by Gasteiger charge is -2.41. The van der Waals surface area contributed by atoms with Crippen molar-refractivity contribution >= 4 is 93.7 Å². The first-order valence-corrected chi connectivity index (χ1v) is 39.8. The van der Waals surface area contributed by atoms with E-state index < -0.39 is 131 Å². The predicted octanol–water partition coefficient (Wildman–Crippen LogP) is 9.19. The van der Waals surface area contributed by atoms with E-state index in [1.165, 1.54) is 102 Å². The lowest BCUT2D eigenvalue weighted by molar-refractivity contribution is -0.384. The number of halogens is 10. The number of piperazine rings is 2. The zero-order valence-corrected chi connectivity index (χ0v) is 64.3. The molecule has 5 aliphatic heterocycles. The number of hydrogen-bond donors (Lipinski definition) is 5. The van der Waals surface area contributed by atoms with Gasteiger partial charge in [-0.05, 0) is 138 Å². The number of hydrogen-bond acceptors (Lipinski definition) is 22. The molecule has 604 valence electrons. The van der Waals surface area contributed by atoms with Gasteiger partial charge in [0.2, 0.25) is 30.1 Å². The number of nitro groups is 1. The molecule has 0 unspecified atom stereocenters. The van der Waals surface area contributed by atoms with Crippen LogP contribution in [0.3, 0.4) is 0 Å². The maximum absolute atomic E-state index is 14.1. The van der Waals surface area contributed by atoms with Gasteiger partial charge in [0.1, 0.15) is 47.3 Å². The Morgan fingerprint density at radius 2 is 0.802 bits per heavy atom. The lowest BCUT2D eigenvalue weighted by Crippen LogP contribution is -2.54. The van der Waals surface area contributed by atoms with E-state index in [1.54, 1.807) is 0 Å². The molecule has 7 aromatic rings. The van der Waals surface area contributed by atoms with Crippen molar-refractivity contribution in [3.05, 3.63) is 228 Å². The van der Waals surface area contributed by atoms with Gasteiger partial charge in [0, 0.05) is 122 Å². The van der Waals surface area contributed by atoms with Crippen molar-refractivity contribution in [2.45, 2.75) is 50.9 Å². The minimum absolute atomic E-state index is 0.0282. The number of amides is 1. The maximum atomic E-state index is 14.1. The van der Waals surface area contributed by atoms with E-state index >= 15 is 0 Å². The van der Waals surface area contributed by atoms with Gasteiger partial charge in [0.25, 0.3) is 5.69 Å². The Morgan fingerprint density at radius 1 is 0.477 bits per heavy atom. The smallest absolute Gasteiger partial charge is 0.409 e. The number of nitrogens with one attached hydrogen (secondary N) is 1. The Labute approximate surface area is 656 Å². The summed E-state index contributed by atoms with van der Waals surface area (Å²) >= 11 is 22.5. The van der Waals surface area contributed by atoms with Gasteiger partial charge in [0.05, 0.1) is 122 Å². The summed E-state index contributed by atoms with van der Waals surface area (Å²) in [6, 6.07) is 24.3. The number of ether oxygens (including phenoxy) is 5. The number of non-ortho nitro benzene ring substituents is 1. The number of carbonyl (C=O) groups is 2. The number of carbonyl (C=O) groups excluding carboxylic acids is 2. The number of rotatable bonds is 19. The molecule has 5 N–H and O–H groups in total. The first kappa shape index (κ1) is 89.3.